The van der Waals surface area contributed by atoms with Crippen molar-refractivity contribution in [2.45, 2.75) is 33.1 Å². The van der Waals surface area contributed by atoms with Gasteiger partial charge in [-0.3, -0.25) is 0 Å². The van der Waals surface area contributed by atoms with Crippen molar-refractivity contribution in [3.05, 3.63) is 29.3 Å². The molecular weight excluding hydrogens is 198 g/mol. The van der Waals surface area contributed by atoms with Gasteiger partial charge in [0.2, 0.25) is 0 Å². The second-order valence-electron chi connectivity index (χ2n) is 4.09. The van der Waals surface area contributed by atoms with E-state index in [-0.39, 0.29) is 0 Å². The van der Waals surface area contributed by atoms with Crippen molar-refractivity contribution in [1.82, 2.24) is 0 Å². The maximum atomic E-state index is 5.03. The molecule has 0 radical (unpaired) electrons. The molecular formula is C14H23NO. The highest BCUT2D eigenvalue weighted by atomic mass is 16.5. The monoisotopic (exact) mass is 221 g/mol. The highest BCUT2D eigenvalue weighted by molar-refractivity contribution is 5.57. The predicted octanol–water partition coefficient (Wildman–Crippen LogP) is 3.40. The molecule has 2 nitrogen and oxygen atoms in total. The predicted molar refractivity (Wildman–Crippen MR) is 70.2 cm³/mol. The van der Waals surface area contributed by atoms with Gasteiger partial charge >= 0.3 is 0 Å². The molecule has 1 rings (SSSR count). The summed E-state index contributed by atoms with van der Waals surface area (Å²) in [5.74, 6) is 0. The fraction of sp³-hybridized carbons (Fsp3) is 0.571. The van der Waals surface area contributed by atoms with E-state index in [2.05, 4.69) is 37.4 Å². The average Bonchev–Trinajstić information content (AvgIpc) is 2.30. The molecule has 0 atom stereocenters. The Kier molecular flexibility index (Phi) is 5.94. The highest BCUT2D eigenvalue weighted by Gasteiger charge is 2.02. The smallest absolute Gasteiger partial charge is 0.0462 e. The Bertz CT molecular complexity index is 310. The van der Waals surface area contributed by atoms with Gasteiger partial charge in [-0.2, -0.15) is 0 Å². The molecule has 0 fully saturated rings. The molecule has 1 aromatic carbocycles. The summed E-state index contributed by atoms with van der Waals surface area (Å²) in [6.07, 6.45) is 3.37. The summed E-state index contributed by atoms with van der Waals surface area (Å²) in [5, 5.41) is 3.54. The second-order valence-corrected chi connectivity index (χ2v) is 4.09. The fourth-order valence-corrected chi connectivity index (χ4v) is 1.86. The fourth-order valence-electron chi connectivity index (χ4n) is 1.86. The van der Waals surface area contributed by atoms with Crippen molar-refractivity contribution in [2.24, 2.45) is 0 Å². The molecule has 1 aromatic rings. The van der Waals surface area contributed by atoms with Gasteiger partial charge in [-0.25, -0.2) is 0 Å². The minimum absolute atomic E-state index is 0.857. The van der Waals surface area contributed by atoms with E-state index < -0.39 is 0 Å². The number of methoxy groups -OCH3 is 1. The first-order valence-corrected chi connectivity index (χ1v) is 6.11. The van der Waals surface area contributed by atoms with Crippen LogP contribution in [0.4, 0.5) is 5.69 Å². The molecule has 2 heteroatoms. The third-order valence-corrected chi connectivity index (χ3v) is 2.82. The lowest BCUT2D eigenvalue weighted by molar-refractivity contribution is 0.194. The van der Waals surface area contributed by atoms with Crippen LogP contribution >= 0.6 is 0 Å². The molecule has 0 aliphatic rings. The van der Waals surface area contributed by atoms with Gasteiger partial charge in [0.05, 0.1) is 0 Å². The van der Waals surface area contributed by atoms with Gasteiger partial charge in [0.15, 0.2) is 0 Å². The maximum absolute atomic E-state index is 5.03. The standard InChI is InChI=1S/C14H23NO/c1-4-13-9-7-8-12(2)14(13)15-10-5-6-11-16-3/h7-9,15H,4-6,10-11H2,1-3H3. The maximum Gasteiger partial charge on any atom is 0.0462 e. The molecule has 16 heavy (non-hydrogen) atoms. The highest BCUT2D eigenvalue weighted by Crippen LogP contribution is 2.20. The van der Waals surface area contributed by atoms with Crippen LogP contribution in [0.15, 0.2) is 18.2 Å². The van der Waals surface area contributed by atoms with Crippen LogP contribution in [0, 0.1) is 6.92 Å². The first kappa shape index (κ1) is 13.0. The van der Waals surface area contributed by atoms with E-state index in [1.165, 1.54) is 16.8 Å². The molecule has 0 aliphatic heterocycles. The number of nitrogens with one attached hydrogen (secondary N) is 1. The van der Waals surface area contributed by atoms with Crippen LogP contribution in [0.1, 0.15) is 30.9 Å². The second kappa shape index (κ2) is 7.29. The van der Waals surface area contributed by atoms with Crippen molar-refractivity contribution in [1.29, 1.82) is 0 Å². The molecule has 90 valence electrons. The summed E-state index contributed by atoms with van der Waals surface area (Å²) in [6, 6.07) is 6.49. The number of benzene rings is 1. The zero-order valence-corrected chi connectivity index (χ0v) is 10.7. The van der Waals surface area contributed by atoms with E-state index in [9.17, 15) is 0 Å². The molecule has 0 aromatic heterocycles. The summed E-state index contributed by atoms with van der Waals surface area (Å²) in [4.78, 5) is 0. The van der Waals surface area contributed by atoms with Gasteiger partial charge in [-0.05, 0) is 37.3 Å². The quantitative estimate of drug-likeness (QED) is 0.713. The van der Waals surface area contributed by atoms with E-state index in [0.29, 0.717) is 0 Å². The van der Waals surface area contributed by atoms with Crippen molar-refractivity contribution >= 4 is 5.69 Å². The molecule has 1 N–H and O–H groups in total. The molecule has 0 unspecified atom stereocenters. The first-order valence-electron chi connectivity index (χ1n) is 6.11. The van der Waals surface area contributed by atoms with Gasteiger partial charge in [0.1, 0.15) is 0 Å². The Balaban J connectivity index is 2.46. The number of hydrogen-bond donors (Lipinski definition) is 1. The van der Waals surface area contributed by atoms with E-state index in [1.807, 2.05) is 0 Å². The Morgan fingerprint density at radius 1 is 1.25 bits per heavy atom. The van der Waals surface area contributed by atoms with Crippen molar-refractivity contribution in [2.75, 3.05) is 25.6 Å². The van der Waals surface area contributed by atoms with Crippen LogP contribution in [0.25, 0.3) is 0 Å². The van der Waals surface area contributed by atoms with Crippen LogP contribution < -0.4 is 5.32 Å². The summed E-state index contributed by atoms with van der Waals surface area (Å²) < 4.78 is 5.03. The molecule has 0 spiro atoms. The first-order chi connectivity index (χ1) is 7.79. The summed E-state index contributed by atoms with van der Waals surface area (Å²) in [6.45, 7) is 6.25. The Hall–Kier alpha value is -1.02. The Morgan fingerprint density at radius 3 is 2.75 bits per heavy atom. The van der Waals surface area contributed by atoms with Gasteiger partial charge in [0.25, 0.3) is 0 Å². The third-order valence-electron chi connectivity index (χ3n) is 2.82. The van der Waals surface area contributed by atoms with Crippen LogP contribution in [-0.2, 0) is 11.2 Å². The lowest BCUT2D eigenvalue weighted by Gasteiger charge is -2.13. The SMILES string of the molecule is CCc1cccc(C)c1NCCCCOC. The van der Waals surface area contributed by atoms with Crippen LogP contribution in [0.5, 0.6) is 0 Å². The van der Waals surface area contributed by atoms with Gasteiger partial charge in [-0.15, -0.1) is 0 Å². The topological polar surface area (TPSA) is 21.3 Å². The van der Waals surface area contributed by atoms with Crippen molar-refractivity contribution in [3.8, 4) is 0 Å². The minimum atomic E-state index is 0.857. The molecule has 0 saturated carbocycles. The molecule has 0 aliphatic carbocycles. The van der Waals surface area contributed by atoms with E-state index in [4.69, 9.17) is 4.74 Å². The van der Waals surface area contributed by atoms with Crippen molar-refractivity contribution < 1.29 is 4.74 Å². The lowest BCUT2D eigenvalue weighted by Crippen LogP contribution is -2.06. The minimum Gasteiger partial charge on any atom is -0.385 e. The Labute approximate surface area is 99.0 Å². The number of unbranched alkanes of at least 4 members (excludes halogenated alkanes) is 1. The number of ether oxygens (including phenoxy) is 1. The number of rotatable bonds is 7. The number of para-hydroxylation sites is 1. The normalized spacial score (nSPS) is 10.4. The van der Waals surface area contributed by atoms with Gasteiger partial charge < -0.3 is 10.1 Å². The zero-order chi connectivity index (χ0) is 11.8. The molecule has 0 saturated heterocycles. The average molecular weight is 221 g/mol. The molecule has 0 heterocycles. The van der Waals surface area contributed by atoms with Crippen LogP contribution in [0.2, 0.25) is 0 Å². The van der Waals surface area contributed by atoms with E-state index >= 15 is 0 Å². The van der Waals surface area contributed by atoms with Gasteiger partial charge in [0, 0.05) is 25.9 Å². The summed E-state index contributed by atoms with van der Waals surface area (Å²) in [7, 11) is 1.75. The largest absolute Gasteiger partial charge is 0.385 e. The van der Waals surface area contributed by atoms with Crippen LogP contribution in [0.3, 0.4) is 0 Å². The zero-order valence-electron chi connectivity index (χ0n) is 10.7. The number of anilines is 1. The number of hydrogen-bond acceptors (Lipinski definition) is 2. The summed E-state index contributed by atoms with van der Waals surface area (Å²) in [5.41, 5.74) is 4.07. The van der Waals surface area contributed by atoms with Crippen molar-refractivity contribution in [3.63, 3.8) is 0 Å². The Morgan fingerprint density at radius 2 is 2.06 bits per heavy atom. The van der Waals surface area contributed by atoms with Crippen LogP contribution in [-0.4, -0.2) is 20.3 Å². The summed E-state index contributed by atoms with van der Waals surface area (Å²) >= 11 is 0. The third kappa shape index (κ3) is 3.86. The number of aryl methyl sites for hydroxylation is 2. The van der Waals surface area contributed by atoms with E-state index in [0.717, 1.165) is 32.4 Å². The lowest BCUT2D eigenvalue weighted by atomic mass is 10.1. The van der Waals surface area contributed by atoms with Gasteiger partial charge in [-0.1, -0.05) is 25.1 Å². The van der Waals surface area contributed by atoms with E-state index in [1.54, 1.807) is 7.11 Å². The molecule has 0 bridgehead atoms. The molecule has 0 amide bonds.